The maximum atomic E-state index is 9.30. The van der Waals surface area contributed by atoms with E-state index in [1.807, 2.05) is 17.5 Å². The van der Waals surface area contributed by atoms with E-state index in [9.17, 15) is 5.11 Å². The lowest BCUT2D eigenvalue weighted by Crippen LogP contribution is -1.95. The summed E-state index contributed by atoms with van der Waals surface area (Å²) in [7, 11) is 0. The largest absolute Gasteiger partial charge is 0.398 e. The molecule has 0 aliphatic rings. The van der Waals surface area contributed by atoms with E-state index in [1.54, 1.807) is 11.3 Å². The average molecular weight is 272 g/mol. The van der Waals surface area contributed by atoms with Crippen molar-refractivity contribution in [3.63, 3.8) is 0 Å². The fraction of sp³-hybridized carbons (Fsp3) is 0.200. The minimum Gasteiger partial charge on any atom is -0.398 e. The third-order valence-electron chi connectivity index (χ3n) is 2.27. The highest BCUT2D eigenvalue weighted by Crippen LogP contribution is 2.33. The number of nitrogen functional groups attached to an aromatic ring is 1. The molecule has 0 aliphatic carbocycles. The van der Waals surface area contributed by atoms with Crippen LogP contribution in [0.5, 0.6) is 0 Å². The van der Waals surface area contributed by atoms with E-state index in [0.717, 1.165) is 32.2 Å². The number of fused-ring (bicyclic) bond motifs is 1. The van der Waals surface area contributed by atoms with Gasteiger partial charge in [-0.15, -0.1) is 11.3 Å². The van der Waals surface area contributed by atoms with Crippen LogP contribution in [-0.4, -0.2) is 5.11 Å². The number of nitrogens with two attached hydrogens (primary N) is 1. The van der Waals surface area contributed by atoms with Crippen molar-refractivity contribution in [1.29, 1.82) is 0 Å². The predicted octanol–water partition coefficient (Wildman–Crippen LogP) is 2.87. The van der Waals surface area contributed by atoms with Gasteiger partial charge in [0.25, 0.3) is 0 Å². The molecule has 0 fully saturated rings. The van der Waals surface area contributed by atoms with E-state index in [-0.39, 0.29) is 6.61 Å². The van der Waals surface area contributed by atoms with E-state index < -0.39 is 0 Å². The first-order valence-corrected chi connectivity index (χ1v) is 6.22. The molecule has 2 rings (SSSR count). The zero-order valence-electron chi connectivity index (χ0n) is 7.46. The van der Waals surface area contributed by atoms with Crippen molar-refractivity contribution in [2.45, 2.75) is 11.9 Å². The molecule has 0 saturated carbocycles. The molecule has 74 valence electrons. The van der Waals surface area contributed by atoms with Gasteiger partial charge in [-0.1, -0.05) is 15.9 Å². The SMILES string of the molecule is Nc1cc(CBr)c(CO)c2ccsc12. The summed E-state index contributed by atoms with van der Waals surface area (Å²) in [6.07, 6.45) is 0. The quantitative estimate of drug-likeness (QED) is 0.652. The molecule has 2 nitrogen and oxygen atoms in total. The molecule has 14 heavy (non-hydrogen) atoms. The number of aliphatic hydroxyl groups is 1. The second-order valence-corrected chi connectivity index (χ2v) is 4.54. The second-order valence-electron chi connectivity index (χ2n) is 3.06. The predicted molar refractivity (Wildman–Crippen MR) is 64.8 cm³/mol. The number of aliphatic hydroxyl groups excluding tert-OH is 1. The standard InChI is InChI=1S/C10H10BrNOS/c11-4-6-3-9(12)10-7(1-2-14-10)8(6)5-13/h1-3,13H,4-5,12H2. The Labute approximate surface area is 94.5 Å². The lowest BCUT2D eigenvalue weighted by molar-refractivity contribution is 0.282. The smallest absolute Gasteiger partial charge is 0.0691 e. The zero-order valence-corrected chi connectivity index (χ0v) is 9.86. The van der Waals surface area contributed by atoms with Gasteiger partial charge >= 0.3 is 0 Å². The monoisotopic (exact) mass is 271 g/mol. The number of halogens is 1. The molecule has 1 aromatic carbocycles. The van der Waals surface area contributed by atoms with Gasteiger partial charge in [-0.05, 0) is 28.6 Å². The van der Waals surface area contributed by atoms with Crippen LogP contribution in [-0.2, 0) is 11.9 Å². The van der Waals surface area contributed by atoms with Crippen molar-refractivity contribution >= 4 is 43.0 Å². The fourth-order valence-electron chi connectivity index (χ4n) is 1.59. The second kappa shape index (κ2) is 3.88. The highest BCUT2D eigenvalue weighted by atomic mass is 79.9. The Bertz CT molecular complexity index is 466. The van der Waals surface area contributed by atoms with Crippen LogP contribution in [0.4, 0.5) is 5.69 Å². The molecule has 1 aromatic heterocycles. The zero-order chi connectivity index (χ0) is 10.1. The highest BCUT2D eigenvalue weighted by molar-refractivity contribution is 9.08. The molecule has 0 radical (unpaired) electrons. The lowest BCUT2D eigenvalue weighted by atomic mass is 10.0. The minimum atomic E-state index is 0.0639. The van der Waals surface area contributed by atoms with Crippen molar-refractivity contribution < 1.29 is 5.11 Å². The van der Waals surface area contributed by atoms with Crippen molar-refractivity contribution in [3.8, 4) is 0 Å². The number of benzene rings is 1. The van der Waals surface area contributed by atoms with Gasteiger partial charge in [0.2, 0.25) is 0 Å². The van der Waals surface area contributed by atoms with E-state index >= 15 is 0 Å². The number of hydrogen-bond acceptors (Lipinski definition) is 3. The molecule has 3 N–H and O–H groups in total. The van der Waals surface area contributed by atoms with Crippen LogP contribution in [0.3, 0.4) is 0 Å². The summed E-state index contributed by atoms with van der Waals surface area (Å²) >= 11 is 5.01. The van der Waals surface area contributed by atoms with Crippen LogP contribution in [0.15, 0.2) is 17.5 Å². The number of rotatable bonds is 2. The lowest BCUT2D eigenvalue weighted by Gasteiger charge is -2.08. The summed E-state index contributed by atoms with van der Waals surface area (Å²) in [4.78, 5) is 0. The Hall–Kier alpha value is -0.580. The molecule has 0 bridgehead atoms. The summed E-state index contributed by atoms with van der Waals surface area (Å²) in [5, 5.41) is 13.1. The van der Waals surface area contributed by atoms with Crippen LogP contribution in [0.2, 0.25) is 0 Å². The maximum absolute atomic E-state index is 9.30. The number of thiophene rings is 1. The van der Waals surface area contributed by atoms with Gasteiger partial charge in [-0.2, -0.15) is 0 Å². The topological polar surface area (TPSA) is 46.2 Å². The van der Waals surface area contributed by atoms with Crippen LogP contribution < -0.4 is 5.73 Å². The Balaban J connectivity index is 2.82. The van der Waals surface area contributed by atoms with Gasteiger partial charge in [0.05, 0.1) is 11.3 Å². The van der Waals surface area contributed by atoms with Crippen LogP contribution >= 0.6 is 27.3 Å². The molecule has 4 heteroatoms. The summed E-state index contributed by atoms with van der Waals surface area (Å²) in [6.45, 7) is 0.0639. The van der Waals surface area contributed by atoms with Crippen molar-refractivity contribution in [2.75, 3.05) is 5.73 Å². The van der Waals surface area contributed by atoms with Gasteiger partial charge < -0.3 is 10.8 Å². The first-order valence-electron chi connectivity index (χ1n) is 4.22. The van der Waals surface area contributed by atoms with Crippen LogP contribution in [0.1, 0.15) is 11.1 Å². The van der Waals surface area contributed by atoms with Gasteiger partial charge in [-0.25, -0.2) is 0 Å². The van der Waals surface area contributed by atoms with Crippen molar-refractivity contribution in [2.24, 2.45) is 0 Å². The summed E-state index contributed by atoms with van der Waals surface area (Å²) in [5.41, 5.74) is 8.75. The Morgan fingerprint density at radius 2 is 2.29 bits per heavy atom. The summed E-state index contributed by atoms with van der Waals surface area (Å²) in [5.74, 6) is 0. The Morgan fingerprint density at radius 1 is 1.50 bits per heavy atom. The summed E-state index contributed by atoms with van der Waals surface area (Å²) in [6, 6.07) is 3.94. The number of alkyl halides is 1. The van der Waals surface area contributed by atoms with Gasteiger partial charge in [-0.3, -0.25) is 0 Å². The first kappa shape index (κ1) is 9.96. The van der Waals surface area contributed by atoms with E-state index in [0.29, 0.717) is 0 Å². The van der Waals surface area contributed by atoms with Crippen LogP contribution in [0, 0.1) is 0 Å². The third-order valence-corrected chi connectivity index (χ3v) is 3.84. The Morgan fingerprint density at radius 3 is 2.93 bits per heavy atom. The van der Waals surface area contributed by atoms with Crippen molar-refractivity contribution in [1.82, 2.24) is 0 Å². The van der Waals surface area contributed by atoms with Gasteiger partial charge in [0, 0.05) is 16.4 Å². The molecule has 0 spiro atoms. The molecule has 2 aromatic rings. The maximum Gasteiger partial charge on any atom is 0.0691 e. The average Bonchev–Trinajstić information content (AvgIpc) is 2.66. The first-order chi connectivity index (χ1) is 6.77. The molecule has 0 unspecified atom stereocenters. The molecular weight excluding hydrogens is 262 g/mol. The molecule has 0 amide bonds. The highest BCUT2D eigenvalue weighted by Gasteiger charge is 2.09. The molecular formula is C10H10BrNOS. The van der Waals surface area contributed by atoms with E-state index in [1.165, 1.54) is 0 Å². The van der Waals surface area contributed by atoms with E-state index in [4.69, 9.17) is 5.73 Å². The minimum absolute atomic E-state index is 0.0639. The van der Waals surface area contributed by atoms with Gasteiger partial charge in [0.1, 0.15) is 0 Å². The fourth-order valence-corrected chi connectivity index (χ4v) is 2.94. The van der Waals surface area contributed by atoms with Crippen LogP contribution in [0.25, 0.3) is 10.1 Å². The normalized spacial score (nSPS) is 11.0. The van der Waals surface area contributed by atoms with Gasteiger partial charge in [0.15, 0.2) is 0 Å². The molecule has 0 saturated heterocycles. The number of hydrogen-bond donors (Lipinski definition) is 2. The molecule has 0 atom stereocenters. The van der Waals surface area contributed by atoms with E-state index in [2.05, 4.69) is 15.9 Å². The van der Waals surface area contributed by atoms with Crippen molar-refractivity contribution in [3.05, 3.63) is 28.6 Å². The molecule has 1 heterocycles. The Kier molecular flexibility index (Phi) is 2.76. The summed E-state index contributed by atoms with van der Waals surface area (Å²) < 4.78 is 1.07. The third kappa shape index (κ3) is 1.43. The number of anilines is 1. The molecule has 0 aliphatic heterocycles.